The van der Waals surface area contributed by atoms with E-state index in [4.69, 9.17) is 9.47 Å². The summed E-state index contributed by atoms with van der Waals surface area (Å²) >= 11 is 0. The standard InChI is InChI=1S/C26H28N4O3/c1-4-29(14-21-10-11-23-24(12-21)33-17-32-23)16-25(31)28-26-22(13-27)18(2)19(3)30(26)15-20-8-6-5-7-9-20/h5-12H,4,14-17H2,1-3H3,(H,28,31). The molecule has 170 valence electrons. The van der Waals surface area contributed by atoms with E-state index in [1.807, 2.05) is 78.8 Å². The summed E-state index contributed by atoms with van der Waals surface area (Å²) in [5.41, 5.74) is 4.52. The Morgan fingerprint density at radius 2 is 1.88 bits per heavy atom. The van der Waals surface area contributed by atoms with Crippen LogP contribution in [-0.2, 0) is 17.9 Å². The molecule has 7 nitrogen and oxygen atoms in total. The molecule has 1 aromatic heterocycles. The first-order chi connectivity index (χ1) is 16.0. The molecule has 1 N–H and O–H groups in total. The average molecular weight is 445 g/mol. The number of carbonyl (C=O) groups excluding carboxylic acids is 1. The van der Waals surface area contributed by atoms with Crippen molar-refractivity contribution in [2.45, 2.75) is 33.9 Å². The maximum absolute atomic E-state index is 13.0. The number of hydrogen-bond acceptors (Lipinski definition) is 5. The summed E-state index contributed by atoms with van der Waals surface area (Å²) in [5, 5.41) is 12.8. The lowest BCUT2D eigenvalue weighted by molar-refractivity contribution is -0.117. The topological polar surface area (TPSA) is 79.5 Å². The predicted molar refractivity (Wildman–Crippen MR) is 126 cm³/mol. The molecule has 1 aliphatic heterocycles. The van der Waals surface area contributed by atoms with Crippen molar-refractivity contribution in [1.29, 1.82) is 5.26 Å². The second-order valence-corrected chi connectivity index (χ2v) is 8.16. The lowest BCUT2D eigenvalue weighted by Gasteiger charge is -2.21. The second-order valence-electron chi connectivity index (χ2n) is 8.16. The van der Waals surface area contributed by atoms with E-state index in [0.717, 1.165) is 33.9 Å². The Bertz CT molecular complexity index is 1190. The first-order valence-electron chi connectivity index (χ1n) is 11.0. The molecule has 0 fully saturated rings. The van der Waals surface area contributed by atoms with Crippen LogP contribution < -0.4 is 14.8 Å². The number of rotatable bonds is 8. The normalized spacial score (nSPS) is 12.1. The van der Waals surface area contributed by atoms with Crippen molar-refractivity contribution in [3.8, 4) is 17.6 Å². The van der Waals surface area contributed by atoms with Crippen molar-refractivity contribution in [2.75, 3.05) is 25.2 Å². The highest BCUT2D eigenvalue weighted by Gasteiger charge is 2.21. The van der Waals surface area contributed by atoms with Crippen molar-refractivity contribution in [2.24, 2.45) is 0 Å². The molecule has 3 aromatic rings. The fourth-order valence-electron chi connectivity index (χ4n) is 4.05. The summed E-state index contributed by atoms with van der Waals surface area (Å²) in [6.45, 7) is 8.26. The van der Waals surface area contributed by atoms with E-state index in [2.05, 4.69) is 11.4 Å². The smallest absolute Gasteiger partial charge is 0.239 e. The van der Waals surface area contributed by atoms with Crippen LogP contribution in [0.3, 0.4) is 0 Å². The van der Waals surface area contributed by atoms with Gasteiger partial charge in [0.15, 0.2) is 11.5 Å². The van der Waals surface area contributed by atoms with Crippen LogP contribution >= 0.6 is 0 Å². The summed E-state index contributed by atoms with van der Waals surface area (Å²) in [7, 11) is 0. The van der Waals surface area contributed by atoms with Crippen LogP contribution in [0.5, 0.6) is 11.5 Å². The molecule has 1 aliphatic rings. The number of nitrogens with zero attached hydrogens (tertiary/aromatic N) is 3. The molecule has 0 saturated carbocycles. The van der Waals surface area contributed by atoms with Gasteiger partial charge in [0.1, 0.15) is 11.9 Å². The van der Waals surface area contributed by atoms with Crippen LogP contribution in [0, 0.1) is 25.2 Å². The van der Waals surface area contributed by atoms with Gasteiger partial charge >= 0.3 is 0 Å². The van der Waals surface area contributed by atoms with Gasteiger partial charge in [0.25, 0.3) is 0 Å². The van der Waals surface area contributed by atoms with Crippen molar-refractivity contribution in [1.82, 2.24) is 9.47 Å². The van der Waals surface area contributed by atoms with Crippen molar-refractivity contribution >= 4 is 11.7 Å². The number of nitrogens with one attached hydrogen (secondary N) is 1. The minimum Gasteiger partial charge on any atom is -0.454 e. The SMILES string of the molecule is CCN(CC(=O)Nc1c(C#N)c(C)c(C)n1Cc1ccccc1)Cc1ccc2c(c1)OCO2. The fraction of sp³-hybridized carbons (Fsp3) is 0.308. The highest BCUT2D eigenvalue weighted by Crippen LogP contribution is 2.33. The van der Waals surface area contributed by atoms with Gasteiger partial charge in [0.05, 0.1) is 12.1 Å². The highest BCUT2D eigenvalue weighted by molar-refractivity contribution is 5.93. The van der Waals surface area contributed by atoms with Gasteiger partial charge in [0, 0.05) is 18.8 Å². The average Bonchev–Trinajstić information content (AvgIpc) is 3.37. The minimum atomic E-state index is -0.152. The van der Waals surface area contributed by atoms with Crippen LogP contribution in [0.1, 0.15) is 34.9 Å². The quantitative estimate of drug-likeness (QED) is 0.563. The summed E-state index contributed by atoms with van der Waals surface area (Å²) < 4.78 is 12.8. The molecule has 0 unspecified atom stereocenters. The molecule has 2 heterocycles. The third-order valence-electron chi connectivity index (χ3n) is 6.04. The third-order valence-corrected chi connectivity index (χ3v) is 6.04. The van der Waals surface area contributed by atoms with Gasteiger partial charge < -0.3 is 19.4 Å². The molecule has 33 heavy (non-hydrogen) atoms. The molecule has 0 radical (unpaired) electrons. The molecular formula is C26H28N4O3. The van der Waals surface area contributed by atoms with Crippen molar-refractivity contribution in [3.63, 3.8) is 0 Å². The highest BCUT2D eigenvalue weighted by atomic mass is 16.7. The Kier molecular flexibility index (Phi) is 6.66. The van der Waals surface area contributed by atoms with E-state index in [1.54, 1.807) is 0 Å². The zero-order valence-electron chi connectivity index (χ0n) is 19.2. The summed E-state index contributed by atoms with van der Waals surface area (Å²) in [6.07, 6.45) is 0. The Labute approximate surface area is 194 Å². The second kappa shape index (κ2) is 9.80. The Balaban J connectivity index is 1.50. The summed E-state index contributed by atoms with van der Waals surface area (Å²) in [4.78, 5) is 15.1. The number of likely N-dealkylation sites (N-methyl/N-ethyl adjacent to an activating group) is 1. The summed E-state index contributed by atoms with van der Waals surface area (Å²) in [6, 6.07) is 18.1. The molecule has 2 aromatic carbocycles. The molecule has 0 bridgehead atoms. The molecule has 0 aliphatic carbocycles. The van der Waals surface area contributed by atoms with E-state index in [9.17, 15) is 10.1 Å². The van der Waals surface area contributed by atoms with Crippen molar-refractivity contribution < 1.29 is 14.3 Å². The molecule has 7 heteroatoms. The number of nitriles is 1. The first-order valence-corrected chi connectivity index (χ1v) is 11.0. The molecule has 0 saturated heterocycles. The minimum absolute atomic E-state index is 0.152. The van der Waals surface area contributed by atoms with E-state index in [-0.39, 0.29) is 19.2 Å². The number of benzene rings is 2. The Morgan fingerprint density at radius 1 is 1.12 bits per heavy atom. The monoisotopic (exact) mass is 444 g/mol. The van der Waals surface area contributed by atoms with E-state index in [0.29, 0.717) is 31.0 Å². The number of amides is 1. The lowest BCUT2D eigenvalue weighted by Crippen LogP contribution is -2.33. The Hall–Kier alpha value is -3.76. The zero-order chi connectivity index (χ0) is 23.4. The number of aromatic nitrogens is 1. The fourth-order valence-corrected chi connectivity index (χ4v) is 4.05. The maximum Gasteiger partial charge on any atom is 0.239 e. The van der Waals surface area contributed by atoms with Crippen LogP contribution in [-0.4, -0.2) is 35.3 Å². The van der Waals surface area contributed by atoms with Crippen LogP contribution in [0.2, 0.25) is 0 Å². The van der Waals surface area contributed by atoms with Crippen LogP contribution in [0.25, 0.3) is 0 Å². The number of fused-ring (bicyclic) bond motifs is 1. The van der Waals surface area contributed by atoms with Gasteiger partial charge in [-0.25, -0.2) is 0 Å². The molecular weight excluding hydrogens is 416 g/mol. The maximum atomic E-state index is 13.0. The van der Waals surface area contributed by atoms with Gasteiger partial charge in [0.2, 0.25) is 12.7 Å². The van der Waals surface area contributed by atoms with Gasteiger partial charge in [-0.15, -0.1) is 0 Å². The van der Waals surface area contributed by atoms with Crippen LogP contribution in [0.4, 0.5) is 5.82 Å². The largest absolute Gasteiger partial charge is 0.454 e. The van der Waals surface area contributed by atoms with E-state index >= 15 is 0 Å². The molecule has 0 atom stereocenters. The van der Waals surface area contributed by atoms with E-state index in [1.165, 1.54) is 0 Å². The van der Waals surface area contributed by atoms with Gasteiger partial charge in [-0.2, -0.15) is 5.26 Å². The number of carbonyl (C=O) groups is 1. The number of hydrogen-bond donors (Lipinski definition) is 1. The number of ether oxygens (including phenoxy) is 2. The van der Waals surface area contributed by atoms with Crippen molar-refractivity contribution in [3.05, 3.63) is 76.5 Å². The zero-order valence-corrected chi connectivity index (χ0v) is 19.2. The number of anilines is 1. The van der Waals surface area contributed by atoms with Gasteiger partial charge in [-0.1, -0.05) is 43.3 Å². The molecule has 0 spiro atoms. The lowest BCUT2D eigenvalue weighted by atomic mass is 10.2. The van der Waals surface area contributed by atoms with E-state index < -0.39 is 0 Å². The molecule has 1 amide bonds. The van der Waals surface area contributed by atoms with Gasteiger partial charge in [-0.3, -0.25) is 9.69 Å². The molecule has 4 rings (SSSR count). The predicted octanol–water partition coefficient (Wildman–Crippen LogP) is 4.21. The third kappa shape index (κ3) is 4.86. The Morgan fingerprint density at radius 3 is 2.61 bits per heavy atom. The first kappa shape index (κ1) is 22.4. The van der Waals surface area contributed by atoms with Gasteiger partial charge in [-0.05, 0) is 49.2 Å². The summed E-state index contributed by atoms with van der Waals surface area (Å²) in [5.74, 6) is 1.88. The van der Waals surface area contributed by atoms with Crippen LogP contribution in [0.15, 0.2) is 48.5 Å².